The number of benzene rings is 3. The Labute approximate surface area is 308 Å². The van der Waals surface area contributed by atoms with E-state index in [2.05, 4.69) is 33.0 Å². The number of nitrogens with zero attached hydrogens (tertiary/aromatic N) is 1. The number of fused-ring (bicyclic) bond motifs is 1. The van der Waals surface area contributed by atoms with Crippen molar-refractivity contribution >= 4 is 74.9 Å². The van der Waals surface area contributed by atoms with Crippen LogP contribution in [0.5, 0.6) is 0 Å². The Hall–Kier alpha value is -5.01. The molecule has 9 nitrogen and oxygen atoms in total. The molecule has 3 N–H and O–H groups in total. The van der Waals surface area contributed by atoms with Crippen LogP contribution in [0.25, 0.3) is 6.08 Å². The highest BCUT2D eigenvalue weighted by Crippen LogP contribution is 2.38. The van der Waals surface area contributed by atoms with Crippen LogP contribution in [0.15, 0.2) is 112 Å². The summed E-state index contributed by atoms with van der Waals surface area (Å²) in [5.74, 6) is -1.49. The van der Waals surface area contributed by atoms with E-state index in [0.29, 0.717) is 34.8 Å². The number of amides is 3. The third-order valence-corrected chi connectivity index (χ3v) is 10.8. The normalized spacial score (nSPS) is 12.8. The van der Waals surface area contributed by atoms with Crippen LogP contribution in [0.1, 0.15) is 49.2 Å². The van der Waals surface area contributed by atoms with Crippen LogP contribution in [0.3, 0.4) is 0 Å². The van der Waals surface area contributed by atoms with Gasteiger partial charge in [-0.3, -0.25) is 19.3 Å². The fourth-order valence-corrected chi connectivity index (χ4v) is 8.25. The maximum Gasteiger partial charge on any atom is 0.341 e. The van der Waals surface area contributed by atoms with Crippen molar-refractivity contribution in [2.75, 3.05) is 29.5 Å². The van der Waals surface area contributed by atoms with Crippen molar-refractivity contribution in [1.82, 2.24) is 10.2 Å². The van der Waals surface area contributed by atoms with E-state index in [1.807, 2.05) is 47.2 Å². The van der Waals surface area contributed by atoms with Crippen LogP contribution in [0.4, 0.5) is 10.7 Å². The first-order chi connectivity index (χ1) is 24.9. The molecular weight excluding hydrogens is 701 g/mol. The fraction of sp³-hybridized carbons (Fsp3) is 0.179. The molecule has 12 heteroatoms. The first-order valence-electron chi connectivity index (χ1n) is 16.4. The van der Waals surface area contributed by atoms with Crippen molar-refractivity contribution in [2.45, 2.75) is 31.3 Å². The zero-order valence-corrected chi connectivity index (χ0v) is 30.3. The molecule has 0 saturated carbocycles. The molecule has 0 bridgehead atoms. The summed E-state index contributed by atoms with van der Waals surface area (Å²) in [5.41, 5.74) is 4.44. The van der Waals surface area contributed by atoms with Gasteiger partial charge in [0.25, 0.3) is 11.8 Å². The molecule has 0 atom stereocenters. The number of hydrogen-bond donors (Lipinski definition) is 3. The Kier molecular flexibility index (Phi) is 12.1. The molecule has 260 valence electrons. The molecule has 3 amide bonds. The fourth-order valence-electron chi connectivity index (χ4n) is 5.58. The summed E-state index contributed by atoms with van der Waals surface area (Å²) in [4.78, 5) is 56.8. The van der Waals surface area contributed by atoms with Gasteiger partial charge in [0.1, 0.15) is 10.7 Å². The maximum absolute atomic E-state index is 13.4. The summed E-state index contributed by atoms with van der Waals surface area (Å²) in [6, 6.07) is 28.0. The maximum atomic E-state index is 13.4. The molecule has 3 heterocycles. The quantitative estimate of drug-likeness (QED) is 0.0645. The molecule has 2 aromatic heterocycles. The Morgan fingerprint density at radius 1 is 0.941 bits per heavy atom. The lowest BCUT2D eigenvalue weighted by Gasteiger charge is -2.27. The van der Waals surface area contributed by atoms with Gasteiger partial charge >= 0.3 is 5.97 Å². The smallest absolute Gasteiger partial charge is 0.341 e. The van der Waals surface area contributed by atoms with Crippen LogP contribution < -0.4 is 16.0 Å². The second kappa shape index (κ2) is 17.3. The minimum Gasteiger partial charge on any atom is -0.462 e. The number of rotatable bonds is 13. The highest BCUT2D eigenvalue weighted by Gasteiger charge is 2.29. The van der Waals surface area contributed by atoms with E-state index < -0.39 is 17.8 Å². The summed E-state index contributed by atoms with van der Waals surface area (Å²) < 4.78 is 5.40. The van der Waals surface area contributed by atoms with Crippen molar-refractivity contribution in [3.8, 4) is 0 Å². The lowest BCUT2D eigenvalue weighted by atomic mass is 10.0. The molecule has 3 aromatic carbocycles. The van der Waals surface area contributed by atoms with Gasteiger partial charge in [-0.2, -0.15) is 11.3 Å². The third kappa shape index (κ3) is 9.62. The number of thioether (sulfide) groups is 1. The summed E-state index contributed by atoms with van der Waals surface area (Å²) in [5, 5.41) is 12.9. The van der Waals surface area contributed by atoms with E-state index in [1.165, 1.54) is 40.0 Å². The van der Waals surface area contributed by atoms with Crippen molar-refractivity contribution in [3.05, 3.63) is 140 Å². The molecule has 0 aliphatic carbocycles. The largest absolute Gasteiger partial charge is 0.462 e. The van der Waals surface area contributed by atoms with Crippen LogP contribution >= 0.6 is 34.4 Å². The number of carbonyl (C=O) groups excluding carboxylic acids is 4. The molecule has 0 unspecified atom stereocenters. The Balaban J connectivity index is 1.10. The molecule has 5 aromatic rings. The van der Waals surface area contributed by atoms with Gasteiger partial charge in [-0.05, 0) is 83.3 Å². The van der Waals surface area contributed by atoms with Crippen molar-refractivity contribution < 1.29 is 23.9 Å². The van der Waals surface area contributed by atoms with E-state index in [-0.39, 0.29) is 24.0 Å². The number of thiophene rings is 2. The SMILES string of the molecule is CCOC(=O)c1c(NC(=O)CSc2cccc(NC(=O)/C(=C/c3ccsc3)NC(=O)c3ccccc3)c2)sc2c1CCN(Cc1ccccc1)C2. The molecule has 0 radical (unpaired) electrons. The topological polar surface area (TPSA) is 117 Å². The van der Waals surface area contributed by atoms with Crippen molar-refractivity contribution in [2.24, 2.45) is 0 Å². The van der Waals surface area contributed by atoms with Crippen LogP contribution in [-0.4, -0.2) is 47.5 Å². The predicted molar refractivity (Wildman–Crippen MR) is 205 cm³/mol. The Bertz CT molecular complexity index is 2030. The molecule has 1 aliphatic rings. The molecular formula is C39H36N4O5S3. The van der Waals surface area contributed by atoms with E-state index in [9.17, 15) is 19.2 Å². The first kappa shape index (κ1) is 35.8. The molecule has 0 saturated heterocycles. The number of esters is 1. The highest BCUT2D eigenvalue weighted by atomic mass is 32.2. The minimum atomic E-state index is -0.485. The lowest BCUT2D eigenvalue weighted by molar-refractivity contribution is -0.114. The summed E-state index contributed by atoms with van der Waals surface area (Å²) in [6.45, 7) is 4.30. The van der Waals surface area contributed by atoms with Gasteiger partial charge in [0.05, 0.1) is 17.9 Å². The summed E-state index contributed by atoms with van der Waals surface area (Å²) in [6.07, 6.45) is 2.32. The van der Waals surface area contributed by atoms with Crippen LogP contribution in [0, 0.1) is 0 Å². The second-order valence-corrected chi connectivity index (χ2v) is 14.6. The molecule has 6 rings (SSSR count). The van der Waals surface area contributed by atoms with Gasteiger partial charge in [-0.15, -0.1) is 23.1 Å². The highest BCUT2D eigenvalue weighted by molar-refractivity contribution is 8.00. The first-order valence-corrected chi connectivity index (χ1v) is 19.1. The lowest BCUT2D eigenvalue weighted by Crippen LogP contribution is -2.30. The number of carbonyl (C=O) groups is 4. The molecule has 0 spiro atoms. The third-order valence-electron chi connectivity index (χ3n) is 7.96. The average Bonchev–Trinajstić information content (AvgIpc) is 3.79. The number of nitrogens with one attached hydrogen (secondary N) is 3. The van der Waals surface area contributed by atoms with E-state index in [0.717, 1.165) is 34.0 Å². The molecule has 51 heavy (non-hydrogen) atoms. The predicted octanol–water partition coefficient (Wildman–Crippen LogP) is 7.69. The van der Waals surface area contributed by atoms with Crippen molar-refractivity contribution in [3.63, 3.8) is 0 Å². The Morgan fingerprint density at radius 3 is 2.47 bits per heavy atom. The van der Waals surface area contributed by atoms with Crippen LogP contribution in [-0.2, 0) is 33.8 Å². The standard InChI is InChI=1S/C39H36N4O5S3/c1-2-48-39(47)35-31-16-18-43(22-26-10-5-3-6-11-26)23-33(31)51-38(35)42-34(44)25-50-30-15-9-14-29(21-30)40-37(46)32(20-27-17-19-49-24-27)41-36(45)28-12-7-4-8-13-28/h3-15,17,19-21,24H,2,16,18,22-23,25H2,1H3,(H,40,46)(H,41,45)(H,42,44)/b32-20-. The molecule has 0 fully saturated rings. The molecule has 1 aliphatic heterocycles. The van der Waals surface area contributed by atoms with E-state index in [4.69, 9.17) is 4.74 Å². The number of ether oxygens (including phenoxy) is 1. The summed E-state index contributed by atoms with van der Waals surface area (Å²) in [7, 11) is 0. The zero-order chi connectivity index (χ0) is 35.6. The Morgan fingerprint density at radius 2 is 1.73 bits per heavy atom. The van der Waals surface area contributed by atoms with Crippen LogP contribution in [0.2, 0.25) is 0 Å². The van der Waals surface area contributed by atoms with Gasteiger partial charge in [0, 0.05) is 40.7 Å². The van der Waals surface area contributed by atoms with Gasteiger partial charge in [0.15, 0.2) is 0 Å². The van der Waals surface area contributed by atoms with Gasteiger partial charge in [0.2, 0.25) is 5.91 Å². The number of hydrogen-bond acceptors (Lipinski definition) is 9. The van der Waals surface area contributed by atoms with Crippen molar-refractivity contribution in [1.29, 1.82) is 0 Å². The average molecular weight is 737 g/mol. The van der Waals surface area contributed by atoms with Gasteiger partial charge < -0.3 is 20.7 Å². The number of anilines is 2. The van der Waals surface area contributed by atoms with Gasteiger partial charge in [-0.25, -0.2) is 4.79 Å². The summed E-state index contributed by atoms with van der Waals surface area (Å²) >= 11 is 4.22. The van der Waals surface area contributed by atoms with E-state index in [1.54, 1.807) is 55.5 Å². The van der Waals surface area contributed by atoms with Gasteiger partial charge in [-0.1, -0.05) is 54.6 Å². The second-order valence-electron chi connectivity index (χ2n) is 11.6. The monoisotopic (exact) mass is 736 g/mol. The minimum absolute atomic E-state index is 0.0821. The van der Waals surface area contributed by atoms with E-state index >= 15 is 0 Å². The zero-order valence-electron chi connectivity index (χ0n) is 27.8.